The van der Waals surface area contributed by atoms with Crippen molar-refractivity contribution in [2.75, 3.05) is 19.0 Å². The van der Waals surface area contributed by atoms with E-state index >= 15 is 0 Å². The second kappa shape index (κ2) is 4.10. The van der Waals surface area contributed by atoms with Gasteiger partial charge in [0.2, 0.25) is 11.8 Å². The molecule has 0 aliphatic carbocycles. The molecule has 2 aromatic heterocycles. The minimum Gasteiger partial charge on any atom is -0.436 e. The molecule has 5 nitrogen and oxygen atoms in total. The second-order valence-corrected chi connectivity index (χ2v) is 4.15. The number of aromatic nitrogens is 3. The molecule has 0 amide bonds. The zero-order chi connectivity index (χ0) is 12.5. The van der Waals surface area contributed by atoms with Gasteiger partial charge in [0.1, 0.15) is 5.52 Å². The van der Waals surface area contributed by atoms with Crippen molar-refractivity contribution in [2.24, 2.45) is 0 Å². The first-order valence-corrected chi connectivity index (χ1v) is 5.59. The molecule has 0 radical (unpaired) electrons. The molecule has 3 rings (SSSR count). The first kappa shape index (κ1) is 10.7. The lowest BCUT2D eigenvalue weighted by molar-refractivity contribution is 0.619. The van der Waals surface area contributed by atoms with E-state index in [1.54, 1.807) is 12.4 Å². The first-order valence-electron chi connectivity index (χ1n) is 5.59. The fourth-order valence-electron chi connectivity index (χ4n) is 1.66. The van der Waals surface area contributed by atoms with Gasteiger partial charge in [0.25, 0.3) is 0 Å². The lowest BCUT2D eigenvalue weighted by Gasteiger charge is -2.08. The van der Waals surface area contributed by atoms with Crippen LogP contribution in [0.3, 0.4) is 0 Å². The van der Waals surface area contributed by atoms with E-state index in [-0.39, 0.29) is 0 Å². The lowest BCUT2D eigenvalue weighted by atomic mass is 10.3. The second-order valence-electron chi connectivity index (χ2n) is 4.15. The van der Waals surface area contributed by atoms with Crippen molar-refractivity contribution in [3.05, 3.63) is 36.7 Å². The van der Waals surface area contributed by atoms with Gasteiger partial charge in [-0.3, -0.25) is 0 Å². The van der Waals surface area contributed by atoms with E-state index in [0.717, 1.165) is 16.7 Å². The Morgan fingerprint density at radius 2 is 1.78 bits per heavy atom. The Morgan fingerprint density at radius 1 is 1.06 bits per heavy atom. The average Bonchev–Trinajstić information content (AvgIpc) is 2.82. The number of anilines is 1. The summed E-state index contributed by atoms with van der Waals surface area (Å²) in [4.78, 5) is 14.7. The van der Waals surface area contributed by atoms with E-state index in [2.05, 4.69) is 15.0 Å². The third-order valence-electron chi connectivity index (χ3n) is 2.58. The van der Waals surface area contributed by atoms with Crippen LogP contribution < -0.4 is 4.90 Å². The summed E-state index contributed by atoms with van der Waals surface area (Å²) in [5, 5.41) is 0. The molecule has 0 saturated carbocycles. The molecule has 0 saturated heterocycles. The van der Waals surface area contributed by atoms with Crippen LogP contribution in [-0.4, -0.2) is 29.0 Å². The molecule has 0 N–H and O–H groups in total. The third-order valence-corrected chi connectivity index (χ3v) is 2.58. The van der Waals surface area contributed by atoms with Gasteiger partial charge in [-0.25, -0.2) is 15.0 Å². The van der Waals surface area contributed by atoms with Crippen molar-refractivity contribution in [2.45, 2.75) is 0 Å². The van der Waals surface area contributed by atoms with Gasteiger partial charge >= 0.3 is 0 Å². The van der Waals surface area contributed by atoms with Crippen LogP contribution >= 0.6 is 0 Å². The maximum Gasteiger partial charge on any atom is 0.230 e. The number of fused-ring (bicyclic) bond motifs is 1. The molecule has 0 fully saturated rings. The maximum absolute atomic E-state index is 5.65. The summed E-state index contributed by atoms with van der Waals surface area (Å²) in [5.74, 6) is 1.20. The first-order chi connectivity index (χ1) is 8.74. The van der Waals surface area contributed by atoms with Crippen LogP contribution in [0.25, 0.3) is 22.6 Å². The molecule has 5 heteroatoms. The summed E-state index contributed by atoms with van der Waals surface area (Å²) in [6, 6.07) is 7.65. The van der Waals surface area contributed by atoms with Crippen molar-refractivity contribution in [1.29, 1.82) is 0 Å². The highest BCUT2D eigenvalue weighted by molar-refractivity contribution is 5.75. The van der Waals surface area contributed by atoms with Crippen LogP contribution in [-0.2, 0) is 0 Å². The molecule has 0 atom stereocenters. The van der Waals surface area contributed by atoms with Gasteiger partial charge in [0.15, 0.2) is 5.58 Å². The topological polar surface area (TPSA) is 55.1 Å². The van der Waals surface area contributed by atoms with Crippen LogP contribution in [0.5, 0.6) is 0 Å². The Hall–Kier alpha value is -2.43. The summed E-state index contributed by atoms with van der Waals surface area (Å²) < 4.78 is 5.65. The number of benzene rings is 1. The van der Waals surface area contributed by atoms with Gasteiger partial charge in [-0.05, 0) is 12.1 Å². The van der Waals surface area contributed by atoms with Gasteiger partial charge in [-0.1, -0.05) is 12.1 Å². The Kier molecular flexibility index (Phi) is 2.44. The number of oxazole rings is 1. The quantitative estimate of drug-likeness (QED) is 0.688. The Labute approximate surface area is 104 Å². The van der Waals surface area contributed by atoms with E-state index in [9.17, 15) is 0 Å². The molecule has 90 valence electrons. The van der Waals surface area contributed by atoms with Crippen LogP contribution in [0.4, 0.5) is 5.95 Å². The Morgan fingerprint density at radius 3 is 2.44 bits per heavy atom. The molecule has 0 spiro atoms. The number of rotatable bonds is 2. The van der Waals surface area contributed by atoms with E-state index in [1.165, 1.54) is 0 Å². The molecule has 0 unspecified atom stereocenters. The van der Waals surface area contributed by atoms with Crippen LogP contribution in [0.15, 0.2) is 41.1 Å². The number of hydrogen-bond donors (Lipinski definition) is 0. The average molecular weight is 240 g/mol. The van der Waals surface area contributed by atoms with Crippen molar-refractivity contribution in [3.8, 4) is 11.5 Å². The zero-order valence-corrected chi connectivity index (χ0v) is 10.2. The smallest absolute Gasteiger partial charge is 0.230 e. The summed E-state index contributed by atoms with van der Waals surface area (Å²) in [7, 11) is 3.79. The number of hydrogen-bond acceptors (Lipinski definition) is 5. The largest absolute Gasteiger partial charge is 0.436 e. The zero-order valence-electron chi connectivity index (χ0n) is 10.2. The third kappa shape index (κ3) is 1.79. The van der Waals surface area contributed by atoms with Crippen molar-refractivity contribution in [1.82, 2.24) is 15.0 Å². The van der Waals surface area contributed by atoms with Gasteiger partial charge in [-0.15, -0.1) is 0 Å². The predicted octanol–water partition coefficient (Wildman–Crippen LogP) is 2.35. The van der Waals surface area contributed by atoms with Crippen LogP contribution in [0, 0.1) is 0 Å². The van der Waals surface area contributed by atoms with E-state index in [0.29, 0.717) is 11.8 Å². The molecular formula is C13H12N4O. The van der Waals surface area contributed by atoms with Gasteiger partial charge in [0, 0.05) is 26.5 Å². The molecular weight excluding hydrogens is 228 g/mol. The van der Waals surface area contributed by atoms with Gasteiger partial charge < -0.3 is 9.32 Å². The number of para-hydroxylation sites is 2. The van der Waals surface area contributed by atoms with Crippen LogP contribution in [0.1, 0.15) is 0 Å². The van der Waals surface area contributed by atoms with Crippen molar-refractivity contribution >= 4 is 17.0 Å². The predicted molar refractivity (Wildman–Crippen MR) is 69.4 cm³/mol. The highest BCUT2D eigenvalue weighted by atomic mass is 16.3. The van der Waals surface area contributed by atoms with Crippen molar-refractivity contribution in [3.63, 3.8) is 0 Å². The summed E-state index contributed by atoms with van der Waals surface area (Å²) in [6.07, 6.45) is 3.43. The molecule has 0 bridgehead atoms. The van der Waals surface area contributed by atoms with Gasteiger partial charge in [-0.2, -0.15) is 0 Å². The molecule has 1 aromatic carbocycles. The molecule has 3 aromatic rings. The van der Waals surface area contributed by atoms with E-state index < -0.39 is 0 Å². The van der Waals surface area contributed by atoms with Gasteiger partial charge in [0.05, 0.1) is 5.56 Å². The number of nitrogens with zero attached hydrogens (tertiary/aromatic N) is 4. The molecule has 18 heavy (non-hydrogen) atoms. The standard InChI is InChI=1S/C13H12N4O/c1-17(2)13-14-7-9(8-15-13)12-16-10-5-3-4-6-11(10)18-12/h3-8H,1-2H3. The van der Waals surface area contributed by atoms with Crippen molar-refractivity contribution < 1.29 is 4.42 Å². The monoisotopic (exact) mass is 240 g/mol. The SMILES string of the molecule is CN(C)c1ncc(-c2nc3ccccc3o2)cn1. The molecule has 0 aliphatic heterocycles. The van der Waals surface area contributed by atoms with E-state index in [1.807, 2.05) is 43.3 Å². The fraction of sp³-hybridized carbons (Fsp3) is 0.154. The minimum absolute atomic E-state index is 0.543. The highest BCUT2D eigenvalue weighted by Gasteiger charge is 2.09. The Bertz CT molecular complexity index is 640. The summed E-state index contributed by atoms with van der Waals surface area (Å²) in [6.45, 7) is 0. The maximum atomic E-state index is 5.65. The van der Waals surface area contributed by atoms with E-state index in [4.69, 9.17) is 4.42 Å². The minimum atomic E-state index is 0.543. The van der Waals surface area contributed by atoms with Crippen LogP contribution in [0.2, 0.25) is 0 Å². The lowest BCUT2D eigenvalue weighted by Crippen LogP contribution is -2.12. The fourth-order valence-corrected chi connectivity index (χ4v) is 1.66. The summed E-state index contributed by atoms with van der Waals surface area (Å²) >= 11 is 0. The Balaban J connectivity index is 2.03. The normalized spacial score (nSPS) is 10.8. The summed E-state index contributed by atoms with van der Waals surface area (Å²) in [5.41, 5.74) is 2.38. The highest BCUT2D eigenvalue weighted by Crippen LogP contribution is 2.23. The molecule has 0 aliphatic rings. The molecule has 2 heterocycles.